The minimum absolute atomic E-state index is 0.100. The SMILES string of the molecule is COc1cc(C(c2ccc(C(C)(C)C)o2)c2ccc(C(C)(C)C)o2)c(N(C)C(C)=O)cc1OC. The standard InChI is InChI=1S/C28H37NO5/c1-17(30)29(8)19-16-23(32-10)22(31-9)15-18(19)26(20-11-13-24(33-20)27(2,3)4)21-12-14-25(34-21)28(5,6)7/h11-16,26H,1-10H3. The molecule has 2 heterocycles. The molecule has 2 aromatic heterocycles. The van der Waals surface area contributed by atoms with Crippen molar-refractivity contribution in [3.63, 3.8) is 0 Å². The first-order valence-corrected chi connectivity index (χ1v) is 11.5. The summed E-state index contributed by atoms with van der Waals surface area (Å²) < 4.78 is 24.0. The van der Waals surface area contributed by atoms with Gasteiger partial charge in [-0.1, -0.05) is 41.5 Å². The molecule has 0 atom stereocenters. The third kappa shape index (κ3) is 5.01. The summed E-state index contributed by atoms with van der Waals surface area (Å²) in [6.45, 7) is 14.2. The fraction of sp³-hybridized carbons (Fsp3) is 0.464. The Morgan fingerprint density at radius 2 is 1.26 bits per heavy atom. The Morgan fingerprint density at radius 3 is 1.62 bits per heavy atom. The smallest absolute Gasteiger partial charge is 0.223 e. The number of amides is 1. The van der Waals surface area contributed by atoms with Crippen LogP contribution in [0.1, 0.15) is 83.0 Å². The normalized spacial score (nSPS) is 12.2. The second-order valence-corrected chi connectivity index (χ2v) is 10.7. The minimum atomic E-state index is -0.399. The topological polar surface area (TPSA) is 65.1 Å². The number of carbonyl (C=O) groups is 1. The number of rotatable bonds is 6. The Kier molecular flexibility index (Phi) is 6.92. The Hall–Kier alpha value is -3.15. The lowest BCUT2D eigenvalue weighted by Crippen LogP contribution is -2.25. The van der Waals surface area contributed by atoms with Gasteiger partial charge in [0, 0.05) is 30.9 Å². The fourth-order valence-corrected chi connectivity index (χ4v) is 3.84. The molecule has 0 N–H and O–H groups in total. The number of furan rings is 2. The van der Waals surface area contributed by atoms with Crippen LogP contribution < -0.4 is 14.4 Å². The van der Waals surface area contributed by atoms with Crippen LogP contribution in [0.4, 0.5) is 5.69 Å². The van der Waals surface area contributed by atoms with E-state index < -0.39 is 5.92 Å². The number of hydrogen-bond acceptors (Lipinski definition) is 5. The van der Waals surface area contributed by atoms with Crippen LogP contribution in [0.3, 0.4) is 0 Å². The fourth-order valence-electron chi connectivity index (χ4n) is 3.84. The van der Waals surface area contributed by atoms with Gasteiger partial charge >= 0.3 is 0 Å². The Morgan fingerprint density at radius 1 is 0.824 bits per heavy atom. The van der Waals surface area contributed by atoms with E-state index in [4.69, 9.17) is 18.3 Å². The molecule has 0 aliphatic rings. The first kappa shape index (κ1) is 25.5. The van der Waals surface area contributed by atoms with Crippen molar-refractivity contribution in [2.75, 3.05) is 26.2 Å². The largest absolute Gasteiger partial charge is 0.493 e. The van der Waals surface area contributed by atoms with Crippen molar-refractivity contribution in [3.8, 4) is 11.5 Å². The van der Waals surface area contributed by atoms with E-state index in [1.54, 1.807) is 26.2 Å². The molecule has 0 aliphatic carbocycles. The number of benzene rings is 1. The predicted octanol–water partition coefficient (Wildman–Crippen LogP) is 6.65. The quantitative estimate of drug-likeness (QED) is 0.406. The summed E-state index contributed by atoms with van der Waals surface area (Å²) >= 11 is 0. The second-order valence-electron chi connectivity index (χ2n) is 10.7. The molecule has 0 unspecified atom stereocenters. The van der Waals surface area contributed by atoms with E-state index in [0.717, 1.165) is 28.6 Å². The highest BCUT2D eigenvalue weighted by Crippen LogP contribution is 2.45. The molecule has 0 radical (unpaired) electrons. The Labute approximate surface area is 202 Å². The van der Waals surface area contributed by atoms with Gasteiger partial charge in [-0.25, -0.2) is 0 Å². The van der Waals surface area contributed by atoms with Gasteiger partial charge in [-0.2, -0.15) is 0 Å². The zero-order chi connectivity index (χ0) is 25.4. The van der Waals surface area contributed by atoms with Crippen LogP contribution in [-0.2, 0) is 15.6 Å². The summed E-state index contributed by atoms with van der Waals surface area (Å²) in [4.78, 5) is 14.0. The zero-order valence-electron chi connectivity index (χ0n) is 22.0. The van der Waals surface area contributed by atoms with Crippen molar-refractivity contribution < 1.29 is 23.1 Å². The van der Waals surface area contributed by atoms with Gasteiger partial charge in [0.2, 0.25) is 5.91 Å². The number of anilines is 1. The first-order chi connectivity index (χ1) is 15.8. The molecule has 0 saturated carbocycles. The van der Waals surface area contributed by atoms with Crippen LogP contribution in [0, 0.1) is 0 Å². The van der Waals surface area contributed by atoms with Crippen molar-refractivity contribution in [1.29, 1.82) is 0 Å². The van der Waals surface area contributed by atoms with Crippen LogP contribution in [0.5, 0.6) is 11.5 Å². The van der Waals surface area contributed by atoms with E-state index in [1.807, 2.05) is 36.4 Å². The molecule has 0 spiro atoms. The molecular formula is C28H37NO5. The van der Waals surface area contributed by atoms with Gasteiger partial charge in [0.15, 0.2) is 11.5 Å². The van der Waals surface area contributed by atoms with E-state index >= 15 is 0 Å². The lowest BCUT2D eigenvalue weighted by atomic mass is 9.91. The summed E-state index contributed by atoms with van der Waals surface area (Å²) in [6, 6.07) is 11.7. The summed E-state index contributed by atoms with van der Waals surface area (Å²) in [5.74, 6) is 3.80. The second kappa shape index (κ2) is 9.24. The van der Waals surface area contributed by atoms with Gasteiger partial charge in [-0.3, -0.25) is 4.79 Å². The molecule has 3 rings (SSSR count). The lowest BCUT2D eigenvalue weighted by molar-refractivity contribution is -0.116. The van der Waals surface area contributed by atoms with E-state index in [-0.39, 0.29) is 16.7 Å². The molecule has 6 nitrogen and oxygen atoms in total. The lowest BCUT2D eigenvalue weighted by Gasteiger charge is -2.25. The van der Waals surface area contributed by atoms with Crippen LogP contribution in [0.15, 0.2) is 45.2 Å². The molecule has 184 valence electrons. The Balaban J connectivity index is 2.33. The maximum Gasteiger partial charge on any atom is 0.223 e. The first-order valence-electron chi connectivity index (χ1n) is 11.5. The molecule has 3 aromatic rings. The molecule has 34 heavy (non-hydrogen) atoms. The molecule has 0 bridgehead atoms. The van der Waals surface area contributed by atoms with Crippen LogP contribution in [0.25, 0.3) is 0 Å². The zero-order valence-corrected chi connectivity index (χ0v) is 22.0. The minimum Gasteiger partial charge on any atom is -0.493 e. The van der Waals surface area contributed by atoms with Crippen molar-refractivity contribution in [3.05, 3.63) is 65.0 Å². The van der Waals surface area contributed by atoms with E-state index in [1.165, 1.54) is 6.92 Å². The highest BCUT2D eigenvalue weighted by Gasteiger charge is 2.32. The molecular weight excluding hydrogens is 430 g/mol. The maximum absolute atomic E-state index is 12.4. The number of nitrogens with zero attached hydrogens (tertiary/aromatic N) is 1. The maximum atomic E-state index is 12.4. The monoisotopic (exact) mass is 467 g/mol. The van der Waals surface area contributed by atoms with Gasteiger partial charge in [0.25, 0.3) is 0 Å². The van der Waals surface area contributed by atoms with Crippen molar-refractivity contribution in [2.24, 2.45) is 0 Å². The molecule has 0 aliphatic heterocycles. The average Bonchev–Trinajstić information content (AvgIpc) is 3.43. The van der Waals surface area contributed by atoms with E-state index in [0.29, 0.717) is 17.2 Å². The highest BCUT2D eigenvalue weighted by atomic mass is 16.5. The van der Waals surface area contributed by atoms with Gasteiger partial charge < -0.3 is 23.2 Å². The van der Waals surface area contributed by atoms with Crippen LogP contribution in [-0.4, -0.2) is 27.2 Å². The summed E-state index contributed by atoms with van der Waals surface area (Å²) in [7, 11) is 4.92. The van der Waals surface area contributed by atoms with Crippen molar-refractivity contribution >= 4 is 11.6 Å². The molecule has 1 aromatic carbocycles. The number of carbonyl (C=O) groups excluding carboxylic acids is 1. The van der Waals surface area contributed by atoms with E-state index in [9.17, 15) is 4.79 Å². The van der Waals surface area contributed by atoms with Gasteiger partial charge in [-0.15, -0.1) is 0 Å². The number of methoxy groups -OCH3 is 2. The van der Waals surface area contributed by atoms with Gasteiger partial charge in [-0.05, 0) is 35.9 Å². The van der Waals surface area contributed by atoms with Crippen molar-refractivity contribution in [2.45, 2.75) is 65.2 Å². The summed E-state index contributed by atoms with van der Waals surface area (Å²) in [5, 5.41) is 0. The third-order valence-electron chi connectivity index (χ3n) is 5.98. The van der Waals surface area contributed by atoms with Gasteiger partial charge in [0.1, 0.15) is 29.0 Å². The van der Waals surface area contributed by atoms with Crippen LogP contribution in [0.2, 0.25) is 0 Å². The molecule has 0 saturated heterocycles. The highest BCUT2D eigenvalue weighted by molar-refractivity contribution is 5.92. The van der Waals surface area contributed by atoms with Crippen LogP contribution >= 0.6 is 0 Å². The number of ether oxygens (including phenoxy) is 2. The Bertz CT molecular complexity index is 1100. The molecule has 6 heteroatoms. The summed E-state index contributed by atoms with van der Waals surface area (Å²) in [5.41, 5.74) is 1.20. The third-order valence-corrected chi connectivity index (χ3v) is 5.98. The molecule has 0 fully saturated rings. The molecule has 1 amide bonds. The van der Waals surface area contributed by atoms with E-state index in [2.05, 4.69) is 41.5 Å². The van der Waals surface area contributed by atoms with Crippen molar-refractivity contribution in [1.82, 2.24) is 0 Å². The van der Waals surface area contributed by atoms with Gasteiger partial charge in [0.05, 0.1) is 19.9 Å². The average molecular weight is 468 g/mol. The predicted molar refractivity (Wildman–Crippen MR) is 134 cm³/mol. The number of hydrogen-bond donors (Lipinski definition) is 0. The summed E-state index contributed by atoms with van der Waals surface area (Å²) in [6.07, 6.45) is 0.